The Labute approximate surface area is 149 Å². The summed E-state index contributed by atoms with van der Waals surface area (Å²) in [5.41, 5.74) is 3.08. The second kappa shape index (κ2) is 7.13. The molecule has 124 valence electrons. The number of aromatic nitrogens is 3. The summed E-state index contributed by atoms with van der Waals surface area (Å²) in [4.78, 5) is 16.9. The number of nitrogens with one attached hydrogen (secondary N) is 1. The molecule has 0 aliphatic carbocycles. The molecule has 5 nitrogen and oxygen atoms in total. The van der Waals surface area contributed by atoms with E-state index in [1.807, 2.05) is 26.0 Å². The average molecular weight is 387 g/mol. The number of halogens is 1. The molecule has 2 heterocycles. The van der Waals surface area contributed by atoms with Crippen LogP contribution >= 0.6 is 15.9 Å². The van der Waals surface area contributed by atoms with Crippen molar-refractivity contribution in [3.05, 3.63) is 64.0 Å². The molecular formula is C18H19BrN4O. The molecular weight excluding hydrogens is 368 g/mol. The number of rotatable bonds is 5. The molecule has 24 heavy (non-hydrogen) atoms. The summed E-state index contributed by atoms with van der Waals surface area (Å²) in [5, 5.41) is 7.39. The second-order valence-corrected chi connectivity index (χ2v) is 6.80. The molecule has 2 aromatic heterocycles. The van der Waals surface area contributed by atoms with Crippen LogP contribution in [0.15, 0.2) is 47.2 Å². The summed E-state index contributed by atoms with van der Waals surface area (Å²) < 4.78 is 2.71. The predicted molar refractivity (Wildman–Crippen MR) is 97.1 cm³/mol. The number of aryl methyl sites for hydroxylation is 2. The zero-order valence-electron chi connectivity index (χ0n) is 13.7. The summed E-state index contributed by atoms with van der Waals surface area (Å²) >= 11 is 3.44. The zero-order chi connectivity index (χ0) is 17.1. The van der Waals surface area contributed by atoms with E-state index in [1.165, 1.54) is 5.56 Å². The van der Waals surface area contributed by atoms with E-state index in [0.717, 1.165) is 17.3 Å². The molecule has 0 spiro atoms. The first kappa shape index (κ1) is 16.6. The standard InChI is InChI=1S/C18H19BrN4O/c1-12(4-5-14-6-8-15(19)9-7-14)21-18(24)16-13(2)22-23-11-3-10-20-17(16)23/h3,6-12H,4-5H2,1-2H3,(H,21,24). The minimum Gasteiger partial charge on any atom is -0.349 e. The Morgan fingerprint density at radius 1 is 1.33 bits per heavy atom. The number of nitrogens with zero attached hydrogens (tertiary/aromatic N) is 3. The molecule has 3 aromatic rings. The van der Waals surface area contributed by atoms with Gasteiger partial charge in [0.25, 0.3) is 5.91 Å². The summed E-state index contributed by atoms with van der Waals surface area (Å²) in [6, 6.07) is 10.1. The van der Waals surface area contributed by atoms with Gasteiger partial charge in [-0.1, -0.05) is 28.1 Å². The minimum atomic E-state index is -0.121. The van der Waals surface area contributed by atoms with E-state index in [0.29, 0.717) is 16.9 Å². The molecule has 6 heteroatoms. The van der Waals surface area contributed by atoms with Gasteiger partial charge in [-0.3, -0.25) is 4.79 Å². The molecule has 0 aliphatic heterocycles. The SMILES string of the molecule is Cc1nn2cccnc2c1C(=O)NC(C)CCc1ccc(Br)cc1. The van der Waals surface area contributed by atoms with Crippen molar-refractivity contribution in [2.45, 2.75) is 32.7 Å². The third-order valence-corrected chi connectivity index (χ3v) is 4.48. The van der Waals surface area contributed by atoms with Crippen LogP contribution in [0, 0.1) is 6.92 Å². The monoisotopic (exact) mass is 386 g/mol. The molecule has 0 bridgehead atoms. The molecule has 0 saturated heterocycles. The highest BCUT2D eigenvalue weighted by Gasteiger charge is 2.19. The fourth-order valence-corrected chi connectivity index (χ4v) is 2.93. The van der Waals surface area contributed by atoms with E-state index in [9.17, 15) is 4.79 Å². The minimum absolute atomic E-state index is 0.0687. The topological polar surface area (TPSA) is 59.3 Å². The molecule has 1 amide bonds. The summed E-state index contributed by atoms with van der Waals surface area (Å²) in [6.45, 7) is 3.85. The van der Waals surface area contributed by atoms with E-state index in [-0.39, 0.29) is 11.9 Å². The molecule has 1 atom stereocenters. The Bertz CT molecular complexity index is 857. The maximum atomic E-state index is 12.6. The number of carbonyl (C=O) groups excluding carboxylic acids is 1. The quantitative estimate of drug-likeness (QED) is 0.729. The average Bonchev–Trinajstić information content (AvgIpc) is 2.90. The van der Waals surface area contributed by atoms with Gasteiger partial charge in [-0.25, -0.2) is 9.50 Å². The van der Waals surface area contributed by atoms with Crippen molar-refractivity contribution in [1.29, 1.82) is 0 Å². The van der Waals surface area contributed by atoms with Crippen molar-refractivity contribution in [3.63, 3.8) is 0 Å². The van der Waals surface area contributed by atoms with Gasteiger partial charge >= 0.3 is 0 Å². The Morgan fingerprint density at radius 2 is 2.08 bits per heavy atom. The van der Waals surface area contributed by atoms with E-state index in [1.54, 1.807) is 23.0 Å². The molecule has 0 fully saturated rings. The lowest BCUT2D eigenvalue weighted by molar-refractivity contribution is 0.0939. The lowest BCUT2D eigenvalue weighted by atomic mass is 10.1. The van der Waals surface area contributed by atoms with Crippen molar-refractivity contribution < 1.29 is 4.79 Å². The first-order chi connectivity index (χ1) is 11.5. The Hall–Kier alpha value is -2.21. The third kappa shape index (κ3) is 3.64. The van der Waals surface area contributed by atoms with Crippen molar-refractivity contribution in [3.8, 4) is 0 Å². The first-order valence-electron chi connectivity index (χ1n) is 7.90. The largest absolute Gasteiger partial charge is 0.349 e. The Balaban J connectivity index is 1.65. The summed E-state index contributed by atoms with van der Waals surface area (Å²) in [5.74, 6) is -0.121. The zero-order valence-corrected chi connectivity index (χ0v) is 15.2. The van der Waals surface area contributed by atoms with E-state index < -0.39 is 0 Å². The fourth-order valence-electron chi connectivity index (χ4n) is 2.66. The van der Waals surface area contributed by atoms with Crippen LogP contribution in [0.5, 0.6) is 0 Å². The normalized spacial score (nSPS) is 12.3. The number of hydrogen-bond acceptors (Lipinski definition) is 3. The van der Waals surface area contributed by atoms with Crippen molar-refractivity contribution in [1.82, 2.24) is 19.9 Å². The number of benzene rings is 1. The van der Waals surface area contributed by atoms with Gasteiger partial charge in [0.05, 0.1) is 5.69 Å². The van der Waals surface area contributed by atoms with Gasteiger partial charge in [-0.15, -0.1) is 0 Å². The van der Waals surface area contributed by atoms with E-state index >= 15 is 0 Å². The predicted octanol–water partition coefficient (Wildman–Crippen LogP) is 3.55. The highest BCUT2D eigenvalue weighted by Crippen LogP contribution is 2.15. The van der Waals surface area contributed by atoms with Crippen LogP contribution in [0.1, 0.15) is 35.0 Å². The van der Waals surface area contributed by atoms with Crippen LogP contribution in [-0.4, -0.2) is 26.5 Å². The van der Waals surface area contributed by atoms with E-state index in [4.69, 9.17) is 0 Å². The lowest BCUT2D eigenvalue weighted by Crippen LogP contribution is -2.33. The van der Waals surface area contributed by atoms with Gasteiger partial charge in [-0.05, 0) is 50.5 Å². The Morgan fingerprint density at radius 3 is 2.83 bits per heavy atom. The number of amides is 1. The molecule has 1 N–H and O–H groups in total. The molecule has 0 aliphatic rings. The van der Waals surface area contributed by atoms with Crippen molar-refractivity contribution >= 4 is 27.5 Å². The van der Waals surface area contributed by atoms with Gasteiger partial charge in [0.1, 0.15) is 5.56 Å². The Kier molecular flexibility index (Phi) is 4.94. The van der Waals surface area contributed by atoms with Crippen LogP contribution in [0.4, 0.5) is 0 Å². The number of carbonyl (C=O) groups is 1. The van der Waals surface area contributed by atoms with Crippen LogP contribution in [0.3, 0.4) is 0 Å². The van der Waals surface area contributed by atoms with Gasteiger partial charge in [0, 0.05) is 22.9 Å². The number of fused-ring (bicyclic) bond motifs is 1. The number of hydrogen-bond donors (Lipinski definition) is 1. The highest BCUT2D eigenvalue weighted by atomic mass is 79.9. The fraction of sp³-hybridized carbons (Fsp3) is 0.278. The highest BCUT2D eigenvalue weighted by molar-refractivity contribution is 9.10. The third-order valence-electron chi connectivity index (χ3n) is 3.95. The van der Waals surface area contributed by atoms with Gasteiger partial charge in [0.15, 0.2) is 5.65 Å². The summed E-state index contributed by atoms with van der Waals surface area (Å²) in [7, 11) is 0. The van der Waals surface area contributed by atoms with Crippen molar-refractivity contribution in [2.75, 3.05) is 0 Å². The molecule has 0 radical (unpaired) electrons. The molecule has 1 aromatic carbocycles. The van der Waals surface area contributed by atoms with Crippen molar-refractivity contribution in [2.24, 2.45) is 0 Å². The van der Waals surface area contributed by atoms with Crippen LogP contribution < -0.4 is 5.32 Å². The van der Waals surface area contributed by atoms with Crippen LogP contribution in [0.25, 0.3) is 5.65 Å². The van der Waals surface area contributed by atoms with E-state index in [2.05, 4.69) is 43.5 Å². The van der Waals surface area contributed by atoms with Crippen LogP contribution in [0.2, 0.25) is 0 Å². The van der Waals surface area contributed by atoms with Gasteiger partial charge < -0.3 is 5.32 Å². The maximum absolute atomic E-state index is 12.6. The lowest BCUT2D eigenvalue weighted by Gasteiger charge is -2.13. The molecule has 1 unspecified atom stereocenters. The smallest absolute Gasteiger partial charge is 0.257 e. The van der Waals surface area contributed by atoms with Gasteiger partial charge in [-0.2, -0.15) is 5.10 Å². The first-order valence-corrected chi connectivity index (χ1v) is 8.69. The maximum Gasteiger partial charge on any atom is 0.257 e. The van der Waals surface area contributed by atoms with Gasteiger partial charge in [0.2, 0.25) is 0 Å². The molecule has 0 saturated carbocycles. The van der Waals surface area contributed by atoms with Crippen LogP contribution in [-0.2, 0) is 6.42 Å². The summed E-state index contributed by atoms with van der Waals surface area (Å²) in [6.07, 6.45) is 5.26. The molecule has 3 rings (SSSR count). The second-order valence-electron chi connectivity index (χ2n) is 5.89.